The molecule has 0 amide bonds. The molecule has 1 aromatic carbocycles. The third-order valence-electron chi connectivity index (χ3n) is 2.33. The van der Waals surface area contributed by atoms with Crippen LogP contribution in [0.4, 0.5) is 0 Å². The van der Waals surface area contributed by atoms with Gasteiger partial charge in [-0.3, -0.25) is 0 Å². The second-order valence-corrected chi connectivity index (χ2v) is 3.93. The zero-order valence-corrected chi connectivity index (χ0v) is 8.74. The minimum atomic E-state index is -0.434. The van der Waals surface area contributed by atoms with E-state index in [1.807, 2.05) is 13.8 Å². The van der Waals surface area contributed by atoms with Crippen molar-refractivity contribution in [2.24, 2.45) is 0 Å². The first kappa shape index (κ1) is 10.9. The van der Waals surface area contributed by atoms with Crippen LogP contribution < -0.4 is 4.74 Å². The van der Waals surface area contributed by atoms with Crippen molar-refractivity contribution in [1.82, 2.24) is 0 Å². The van der Waals surface area contributed by atoms with Crippen molar-refractivity contribution in [3.05, 3.63) is 23.8 Å². The van der Waals surface area contributed by atoms with Gasteiger partial charge >= 0.3 is 0 Å². The number of benzene rings is 1. The van der Waals surface area contributed by atoms with Crippen molar-refractivity contribution in [2.45, 2.75) is 19.3 Å². The van der Waals surface area contributed by atoms with E-state index in [0.717, 1.165) is 5.56 Å². The van der Waals surface area contributed by atoms with Crippen LogP contribution in [0.2, 0.25) is 0 Å². The zero-order chi connectivity index (χ0) is 10.8. The molecule has 0 atom stereocenters. The SMILES string of the molecule is COc1ccc(C(C)(C)CO)c(O)c1. The highest BCUT2D eigenvalue weighted by molar-refractivity contribution is 5.43. The van der Waals surface area contributed by atoms with Crippen LogP contribution in [0.25, 0.3) is 0 Å². The highest BCUT2D eigenvalue weighted by Gasteiger charge is 2.22. The molecule has 0 unspecified atom stereocenters. The summed E-state index contributed by atoms with van der Waals surface area (Å²) in [5.74, 6) is 0.767. The monoisotopic (exact) mass is 196 g/mol. The van der Waals surface area contributed by atoms with Crippen LogP contribution >= 0.6 is 0 Å². The molecular formula is C11H16O3. The van der Waals surface area contributed by atoms with Crippen molar-refractivity contribution >= 4 is 0 Å². The van der Waals surface area contributed by atoms with Crippen molar-refractivity contribution < 1.29 is 14.9 Å². The predicted molar refractivity (Wildman–Crippen MR) is 54.8 cm³/mol. The summed E-state index contributed by atoms with van der Waals surface area (Å²) in [5.41, 5.74) is 0.289. The average molecular weight is 196 g/mol. The topological polar surface area (TPSA) is 49.7 Å². The van der Waals surface area contributed by atoms with Gasteiger partial charge in [-0.05, 0) is 6.07 Å². The summed E-state index contributed by atoms with van der Waals surface area (Å²) in [4.78, 5) is 0. The predicted octanol–water partition coefficient (Wildman–Crippen LogP) is 1.67. The Morgan fingerprint density at radius 1 is 1.36 bits per heavy atom. The number of aliphatic hydroxyl groups excluding tert-OH is 1. The van der Waals surface area contributed by atoms with Gasteiger partial charge in [-0.1, -0.05) is 19.9 Å². The Hall–Kier alpha value is -1.22. The molecule has 1 aromatic rings. The van der Waals surface area contributed by atoms with E-state index in [4.69, 9.17) is 9.84 Å². The smallest absolute Gasteiger partial charge is 0.123 e. The molecule has 0 fully saturated rings. The summed E-state index contributed by atoms with van der Waals surface area (Å²) in [7, 11) is 1.55. The lowest BCUT2D eigenvalue weighted by Gasteiger charge is -2.23. The van der Waals surface area contributed by atoms with Crippen molar-refractivity contribution in [3.8, 4) is 11.5 Å². The third-order valence-corrected chi connectivity index (χ3v) is 2.33. The first-order valence-electron chi connectivity index (χ1n) is 4.49. The Labute approximate surface area is 84.0 Å². The minimum Gasteiger partial charge on any atom is -0.508 e. The molecule has 0 saturated heterocycles. The maximum absolute atomic E-state index is 9.70. The molecule has 3 heteroatoms. The Bertz CT molecular complexity index is 318. The number of methoxy groups -OCH3 is 1. The molecule has 3 nitrogen and oxygen atoms in total. The number of hydrogen-bond donors (Lipinski definition) is 2. The van der Waals surface area contributed by atoms with E-state index in [9.17, 15) is 5.11 Å². The summed E-state index contributed by atoms with van der Waals surface area (Å²) >= 11 is 0. The van der Waals surface area contributed by atoms with Gasteiger partial charge in [0.2, 0.25) is 0 Å². The molecule has 0 aliphatic rings. The number of aromatic hydroxyl groups is 1. The van der Waals surface area contributed by atoms with Crippen molar-refractivity contribution in [2.75, 3.05) is 13.7 Å². The molecule has 0 radical (unpaired) electrons. The first-order valence-corrected chi connectivity index (χ1v) is 4.49. The van der Waals surface area contributed by atoms with Crippen LogP contribution in [0.3, 0.4) is 0 Å². The molecule has 14 heavy (non-hydrogen) atoms. The lowest BCUT2D eigenvalue weighted by molar-refractivity contribution is 0.215. The minimum absolute atomic E-state index is 0.00705. The molecule has 0 aromatic heterocycles. The maximum Gasteiger partial charge on any atom is 0.123 e. The van der Waals surface area contributed by atoms with Gasteiger partial charge in [0.1, 0.15) is 11.5 Å². The Kier molecular flexibility index (Phi) is 3.01. The number of rotatable bonds is 3. The van der Waals surface area contributed by atoms with E-state index in [-0.39, 0.29) is 12.4 Å². The van der Waals surface area contributed by atoms with Gasteiger partial charge < -0.3 is 14.9 Å². The molecule has 0 bridgehead atoms. The molecule has 0 heterocycles. The van der Waals surface area contributed by atoms with Gasteiger partial charge in [0.25, 0.3) is 0 Å². The molecule has 0 saturated carbocycles. The number of aliphatic hydroxyl groups is 1. The van der Waals surface area contributed by atoms with Crippen molar-refractivity contribution in [1.29, 1.82) is 0 Å². The molecule has 0 aliphatic heterocycles. The Balaban J connectivity index is 3.12. The quantitative estimate of drug-likeness (QED) is 0.773. The van der Waals surface area contributed by atoms with Gasteiger partial charge in [-0.25, -0.2) is 0 Å². The fourth-order valence-electron chi connectivity index (χ4n) is 1.30. The van der Waals surface area contributed by atoms with Gasteiger partial charge in [-0.15, -0.1) is 0 Å². The molecule has 2 N–H and O–H groups in total. The van der Waals surface area contributed by atoms with E-state index in [1.54, 1.807) is 25.3 Å². The van der Waals surface area contributed by atoms with Crippen molar-refractivity contribution in [3.63, 3.8) is 0 Å². The number of phenols is 1. The standard InChI is InChI=1S/C11H16O3/c1-11(2,7-12)9-5-4-8(14-3)6-10(9)13/h4-6,12-13H,7H2,1-3H3. The molecule has 0 aliphatic carbocycles. The number of phenolic OH excluding ortho intramolecular Hbond substituents is 1. The highest BCUT2D eigenvalue weighted by Crippen LogP contribution is 2.33. The molecular weight excluding hydrogens is 180 g/mol. The summed E-state index contributed by atoms with van der Waals surface area (Å²) in [5, 5.41) is 18.9. The van der Waals surface area contributed by atoms with E-state index in [2.05, 4.69) is 0 Å². The maximum atomic E-state index is 9.70. The second kappa shape index (κ2) is 3.88. The second-order valence-electron chi connectivity index (χ2n) is 3.93. The van der Waals surface area contributed by atoms with Crippen LogP contribution in [-0.2, 0) is 5.41 Å². The Morgan fingerprint density at radius 3 is 2.43 bits per heavy atom. The van der Waals surface area contributed by atoms with E-state index in [0.29, 0.717) is 5.75 Å². The van der Waals surface area contributed by atoms with Crippen LogP contribution in [0.1, 0.15) is 19.4 Å². The van der Waals surface area contributed by atoms with E-state index >= 15 is 0 Å². The zero-order valence-electron chi connectivity index (χ0n) is 8.74. The summed E-state index contributed by atoms with van der Waals surface area (Å²) < 4.78 is 4.97. The van der Waals surface area contributed by atoms with Crippen LogP contribution in [-0.4, -0.2) is 23.9 Å². The fourth-order valence-corrected chi connectivity index (χ4v) is 1.30. The first-order chi connectivity index (χ1) is 6.51. The van der Waals surface area contributed by atoms with E-state index in [1.165, 1.54) is 0 Å². The molecule has 78 valence electrons. The summed E-state index contributed by atoms with van der Waals surface area (Å²) in [6.07, 6.45) is 0. The van der Waals surface area contributed by atoms with E-state index < -0.39 is 5.41 Å². The lowest BCUT2D eigenvalue weighted by Crippen LogP contribution is -2.22. The molecule has 1 rings (SSSR count). The van der Waals surface area contributed by atoms with Gasteiger partial charge in [0.05, 0.1) is 13.7 Å². The lowest BCUT2D eigenvalue weighted by atomic mass is 9.85. The summed E-state index contributed by atoms with van der Waals surface area (Å²) in [6.45, 7) is 3.73. The van der Waals surface area contributed by atoms with Gasteiger partial charge in [0, 0.05) is 17.0 Å². The van der Waals surface area contributed by atoms with Crippen LogP contribution in [0.5, 0.6) is 11.5 Å². The molecule has 0 spiro atoms. The normalized spacial score (nSPS) is 11.4. The van der Waals surface area contributed by atoms with Crippen LogP contribution in [0.15, 0.2) is 18.2 Å². The third kappa shape index (κ3) is 1.99. The highest BCUT2D eigenvalue weighted by atomic mass is 16.5. The number of hydrogen-bond acceptors (Lipinski definition) is 3. The largest absolute Gasteiger partial charge is 0.508 e. The summed E-state index contributed by atoms with van der Waals surface area (Å²) in [6, 6.07) is 5.09. The van der Waals surface area contributed by atoms with Crippen LogP contribution in [0, 0.1) is 0 Å². The van der Waals surface area contributed by atoms with Gasteiger partial charge in [-0.2, -0.15) is 0 Å². The average Bonchev–Trinajstić information content (AvgIpc) is 2.17. The Morgan fingerprint density at radius 2 is 2.00 bits per heavy atom. The number of ether oxygens (including phenoxy) is 1. The van der Waals surface area contributed by atoms with Gasteiger partial charge in [0.15, 0.2) is 0 Å². The fraction of sp³-hybridized carbons (Fsp3) is 0.455.